The van der Waals surface area contributed by atoms with E-state index in [2.05, 4.69) is 4.98 Å². The second-order valence-electron chi connectivity index (χ2n) is 5.05. The molecule has 1 heterocycles. The van der Waals surface area contributed by atoms with Crippen molar-refractivity contribution in [1.29, 1.82) is 0 Å². The van der Waals surface area contributed by atoms with Gasteiger partial charge >= 0.3 is 0 Å². The Morgan fingerprint density at radius 2 is 1.90 bits per heavy atom. The standard InChI is InChI=1S/C15H19NO3S/c1-3-4-5-8-20(18,19)12-6-7-14-13(10-12)11(2)9-15(17)16-14/h6-7,9-10H,3-5,8H2,1-2H3,(H,16,17). The number of hydrogen-bond acceptors (Lipinski definition) is 3. The molecule has 0 radical (unpaired) electrons. The van der Waals surface area contributed by atoms with E-state index in [4.69, 9.17) is 0 Å². The number of pyridine rings is 1. The average Bonchev–Trinajstić information content (AvgIpc) is 2.38. The van der Waals surface area contributed by atoms with Crippen LogP contribution in [0.2, 0.25) is 0 Å². The number of rotatable bonds is 5. The maximum atomic E-state index is 12.3. The van der Waals surface area contributed by atoms with Crippen LogP contribution in [0.25, 0.3) is 10.9 Å². The van der Waals surface area contributed by atoms with Crippen molar-refractivity contribution >= 4 is 20.7 Å². The van der Waals surface area contributed by atoms with Gasteiger partial charge in [-0.1, -0.05) is 19.8 Å². The van der Waals surface area contributed by atoms with Crippen LogP contribution in [0.15, 0.2) is 34.0 Å². The Morgan fingerprint density at radius 1 is 1.15 bits per heavy atom. The fraction of sp³-hybridized carbons (Fsp3) is 0.400. The second kappa shape index (κ2) is 5.79. The van der Waals surface area contributed by atoms with E-state index in [1.165, 1.54) is 6.07 Å². The molecule has 0 atom stereocenters. The van der Waals surface area contributed by atoms with E-state index in [0.717, 1.165) is 23.8 Å². The molecular weight excluding hydrogens is 274 g/mol. The van der Waals surface area contributed by atoms with Gasteiger partial charge in [-0.25, -0.2) is 8.42 Å². The highest BCUT2D eigenvalue weighted by molar-refractivity contribution is 7.91. The summed E-state index contributed by atoms with van der Waals surface area (Å²) in [4.78, 5) is 14.4. The van der Waals surface area contributed by atoms with E-state index in [1.807, 2.05) is 13.8 Å². The van der Waals surface area contributed by atoms with Crippen LogP contribution in [0.5, 0.6) is 0 Å². The van der Waals surface area contributed by atoms with Gasteiger partial charge in [-0.15, -0.1) is 0 Å². The SMILES string of the molecule is CCCCCS(=O)(=O)c1ccc2[nH]c(=O)cc(C)c2c1. The Labute approximate surface area is 118 Å². The lowest BCUT2D eigenvalue weighted by Gasteiger charge is -2.07. The summed E-state index contributed by atoms with van der Waals surface area (Å²) in [7, 11) is -3.24. The number of fused-ring (bicyclic) bond motifs is 1. The van der Waals surface area contributed by atoms with Gasteiger partial charge in [0.05, 0.1) is 10.6 Å². The van der Waals surface area contributed by atoms with Gasteiger partial charge in [0.25, 0.3) is 0 Å². The highest BCUT2D eigenvalue weighted by Gasteiger charge is 2.15. The third kappa shape index (κ3) is 3.10. The third-order valence-electron chi connectivity index (χ3n) is 3.40. The number of benzene rings is 1. The van der Waals surface area contributed by atoms with Crippen molar-refractivity contribution < 1.29 is 8.42 Å². The first-order valence-electron chi connectivity index (χ1n) is 6.80. The predicted octanol–water partition coefficient (Wildman–Crippen LogP) is 2.80. The topological polar surface area (TPSA) is 67.0 Å². The summed E-state index contributed by atoms with van der Waals surface area (Å²) in [6, 6.07) is 6.37. The predicted molar refractivity (Wildman–Crippen MR) is 80.9 cm³/mol. The Balaban J connectivity index is 2.44. The van der Waals surface area contributed by atoms with Crippen molar-refractivity contribution in [3.8, 4) is 0 Å². The summed E-state index contributed by atoms with van der Waals surface area (Å²) in [5.41, 5.74) is 1.28. The molecule has 1 aromatic heterocycles. The number of aryl methyl sites for hydroxylation is 1. The van der Waals surface area contributed by atoms with Crippen LogP contribution in [-0.2, 0) is 9.84 Å². The highest BCUT2D eigenvalue weighted by atomic mass is 32.2. The van der Waals surface area contributed by atoms with Crippen LogP contribution < -0.4 is 5.56 Å². The summed E-state index contributed by atoms with van der Waals surface area (Å²) in [6.07, 6.45) is 2.59. The van der Waals surface area contributed by atoms with Crippen molar-refractivity contribution in [2.75, 3.05) is 5.75 Å². The minimum atomic E-state index is -3.24. The maximum Gasteiger partial charge on any atom is 0.248 e. The molecule has 4 nitrogen and oxygen atoms in total. The van der Waals surface area contributed by atoms with Gasteiger partial charge < -0.3 is 4.98 Å². The fourth-order valence-electron chi connectivity index (χ4n) is 2.26. The first kappa shape index (κ1) is 14.8. The minimum absolute atomic E-state index is 0.173. The number of aromatic nitrogens is 1. The van der Waals surface area contributed by atoms with Crippen LogP contribution in [0.4, 0.5) is 0 Å². The van der Waals surface area contributed by atoms with E-state index in [-0.39, 0.29) is 11.3 Å². The van der Waals surface area contributed by atoms with E-state index in [0.29, 0.717) is 16.8 Å². The first-order valence-corrected chi connectivity index (χ1v) is 8.46. The lowest BCUT2D eigenvalue weighted by Crippen LogP contribution is -2.08. The molecule has 0 spiro atoms. The maximum absolute atomic E-state index is 12.3. The van der Waals surface area contributed by atoms with Crippen LogP contribution in [0.3, 0.4) is 0 Å². The Bertz CT molecular complexity index is 775. The van der Waals surface area contributed by atoms with Crippen LogP contribution in [-0.4, -0.2) is 19.2 Å². The normalized spacial score (nSPS) is 11.9. The Kier molecular flexibility index (Phi) is 4.28. The number of H-pyrrole nitrogens is 1. The van der Waals surface area contributed by atoms with E-state index < -0.39 is 9.84 Å². The number of hydrogen-bond donors (Lipinski definition) is 1. The molecule has 0 aliphatic rings. The molecule has 0 unspecified atom stereocenters. The van der Waals surface area contributed by atoms with Gasteiger partial charge in [-0.05, 0) is 37.1 Å². The van der Waals surface area contributed by atoms with E-state index >= 15 is 0 Å². The molecule has 2 aromatic rings. The molecule has 0 aliphatic heterocycles. The van der Waals surface area contributed by atoms with Gasteiger partial charge in [-0.3, -0.25) is 4.79 Å². The lowest BCUT2D eigenvalue weighted by molar-refractivity contribution is 0.591. The molecule has 20 heavy (non-hydrogen) atoms. The lowest BCUT2D eigenvalue weighted by atomic mass is 10.1. The van der Waals surface area contributed by atoms with Crippen LogP contribution in [0.1, 0.15) is 31.7 Å². The summed E-state index contributed by atoms with van der Waals surface area (Å²) < 4.78 is 24.5. The molecule has 1 N–H and O–H groups in total. The third-order valence-corrected chi connectivity index (χ3v) is 5.20. The Hall–Kier alpha value is -1.62. The largest absolute Gasteiger partial charge is 0.322 e. The van der Waals surface area contributed by atoms with Crippen LogP contribution >= 0.6 is 0 Å². The van der Waals surface area contributed by atoms with Crippen molar-refractivity contribution in [2.45, 2.75) is 38.0 Å². The molecule has 5 heteroatoms. The van der Waals surface area contributed by atoms with Crippen molar-refractivity contribution in [1.82, 2.24) is 4.98 Å². The number of sulfone groups is 1. The zero-order valence-corrected chi connectivity index (χ0v) is 12.6. The zero-order chi connectivity index (χ0) is 14.8. The molecule has 0 aliphatic carbocycles. The highest BCUT2D eigenvalue weighted by Crippen LogP contribution is 2.21. The second-order valence-corrected chi connectivity index (χ2v) is 7.16. The Morgan fingerprint density at radius 3 is 2.60 bits per heavy atom. The molecule has 0 amide bonds. The minimum Gasteiger partial charge on any atom is -0.322 e. The van der Waals surface area contributed by atoms with Gasteiger partial charge in [0.2, 0.25) is 5.56 Å². The quantitative estimate of drug-likeness (QED) is 0.862. The van der Waals surface area contributed by atoms with E-state index in [1.54, 1.807) is 18.2 Å². The van der Waals surface area contributed by atoms with Crippen molar-refractivity contribution in [2.24, 2.45) is 0 Å². The molecule has 108 valence electrons. The van der Waals surface area contributed by atoms with Gasteiger partial charge in [-0.2, -0.15) is 0 Å². The summed E-state index contributed by atoms with van der Waals surface area (Å²) in [5, 5.41) is 0.779. The van der Waals surface area contributed by atoms with Gasteiger partial charge in [0.15, 0.2) is 9.84 Å². The molecule has 0 saturated carbocycles. The van der Waals surface area contributed by atoms with Crippen molar-refractivity contribution in [3.63, 3.8) is 0 Å². The summed E-state index contributed by atoms with van der Waals surface area (Å²) in [5.74, 6) is 0.175. The number of nitrogens with one attached hydrogen (secondary N) is 1. The molecule has 2 rings (SSSR count). The van der Waals surface area contributed by atoms with E-state index in [9.17, 15) is 13.2 Å². The first-order chi connectivity index (χ1) is 9.44. The number of aromatic amines is 1. The monoisotopic (exact) mass is 293 g/mol. The molecular formula is C15H19NO3S. The zero-order valence-electron chi connectivity index (χ0n) is 11.8. The number of unbranched alkanes of at least 4 members (excludes halogenated alkanes) is 2. The molecule has 0 bridgehead atoms. The molecule has 0 saturated heterocycles. The summed E-state index contributed by atoms with van der Waals surface area (Å²) in [6.45, 7) is 3.85. The summed E-state index contributed by atoms with van der Waals surface area (Å²) >= 11 is 0. The molecule has 0 fully saturated rings. The molecule has 1 aromatic carbocycles. The van der Waals surface area contributed by atoms with Gasteiger partial charge in [0.1, 0.15) is 0 Å². The average molecular weight is 293 g/mol. The van der Waals surface area contributed by atoms with Crippen LogP contribution in [0, 0.1) is 6.92 Å². The van der Waals surface area contributed by atoms with Crippen molar-refractivity contribution in [3.05, 3.63) is 40.2 Å². The smallest absolute Gasteiger partial charge is 0.248 e. The fourth-order valence-corrected chi connectivity index (χ4v) is 3.65. The van der Waals surface area contributed by atoms with Gasteiger partial charge in [0, 0.05) is 17.0 Å².